The summed E-state index contributed by atoms with van der Waals surface area (Å²) in [5.74, 6) is 0.463. The molecule has 2 aromatic heterocycles. The van der Waals surface area contributed by atoms with Gasteiger partial charge in [0.1, 0.15) is 5.75 Å². The number of hydrogen-bond acceptors (Lipinski definition) is 7. The third-order valence-electron chi connectivity index (χ3n) is 4.35. The molecule has 7 nitrogen and oxygen atoms in total. The van der Waals surface area contributed by atoms with Crippen molar-refractivity contribution in [3.8, 4) is 28.6 Å². The summed E-state index contributed by atoms with van der Waals surface area (Å²) in [6.45, 7) is 2.07. The summed E-state index contributed by atoms with van der Waals surface area (Å²) in [7, 11) is 0. The quantitative estimate of drug-likeness (QED) is 0.662. The highest BCUT2D eigenvalue weighted by molar-refractivity contribution is 5.69. The number of nitrogens with two attached hydrogens (primary N) is 1. The van der Waals surface area contributed by atoms with Crippen molar-refractivity contribution >= 4 is 11.4 Å². The molecule has 1 aromatic carbocycles. The number of hydrogen-bond donors (Lipinski definition) is 1. The molecule has 3 aromatic rings. The normalized spacial score (nSPS) is 16.4. The zero-order valence-electron chi connectivity index (χ0n) is 15.7. The molecular weight excluding hydrogens is 399 g/mol. The fourth-order valence-corrected chi connectivity index (χ4v) is 3.00. The topological polar surface area (TPSA) is 100.0 Å². The van der Waals surface area contributed by atoms with E-state index in [9.17, 15) is 13.2 Å². The molecule has 0 aliphatic heterocycles. The van der Waals surface area contributed by atoms with Gasteiger partial charge in [0.25, 0.3) is 5.89 Å². The van der Waals surface area contributed by atoms with Crippen LogP contribution in [-0.4, -0.2) is 26.5 Å². The Balaban J connectivity index is 1.66. The van der Waals surface area contributed by atoms with Gasteiger partial charge in [-0.25, -0.2) is 9.97 Å². The summed E-state index contributed by atoms with van der Waals surface area (Å²) < 4.78 is 47.2. The summed E-state index contributed by atoms with van der Waals surface area (Å²) in [6.07, 6.45) is 3.21. The molecule has 154 valence electrons. The number of halogens is 3. The van der Waals surface area contributed by atoms with E-state index in [4.69, 9.17) is 10.2 Å². The minimum atomic E-state index is -4.79. The Morgan fingerprint density at radius 1 is 1.20 bits per heavy atom. The van der Waals surface area contributed by atoms with Gasteiger partial charge in [-0.2, -0.15) is 0 Å². The standard InChI is InChI=1S/C20H16F3N5O2/c1-11-4-2-6-13(8-11)18-27-28-19(29-18)16-17(24)25-10-15(26-16)12-5-3-7-14(9-12)30-20(21,22)23/h2-7,9-11H,8H2,1H3,(H2,24,25). The number of allylic oxidation sites excluding steroid dienone is 4. The summed E-state index contributed by atoms with van der Waals surface area (Å²) in [5.41, 5.74) is 7.60. The molecule has 0 saturated carbocycles. The van der Waals surface area contributed by atoms with Crippen LogP contribution in [0.2, 0.25) is 0 Å². The minimum Gasteiger partial charge on any atom is -0.415 e. The SMILES string of the molecule is CC1C=CC=C(c2nnc(-c3nc(-c4cccc(OC(F)(F)F)c4)cnc3N)o2)C1. The summed E-state index contributed by atoms with van der Waals surface area (Å²) in [6, 6.07) is 5.40. The Hall–Kier alpha value is -3.69. The molecule has 2 heterocycles. The number of benzene rings is 1. The number of alkyl halides is 3. The first kappa shape index (κ1) is 19.6. The zero-order chi connectivity index (χ0) is 21.3. The average Bonchev–Trinajstić information content (AvgIpc) is 3.17. The Morgan fingerprint density at radius 2 is 2.00 bits per heavy atom. The van der Waals surface area contributed by atoms with Crippen LogP contribution in [0, 0.1) is 5.92 Å². The van der Waals surface area contributed by atoms with Crippen LogP contribution in [-0.2, 0) is 0 Å². The molecule has 0 radical (unpaired) electrons. The maximum Gasteiger partial charge on any atom is 0.573 e. The molecule has 4 rings (SSSR count). The van der Waals surface area contributed by atoms with Crippen molar-refractivity contribution in [2.24, 2.45) is 5.92 Å². The van der Waals surface area contributed by atoms with Crippen LogP contribution in [0.1, 0.15) is 19.2 Å². The molecule has 1 aliphatic carbocycles. The lowest BCUT2D eigenvalue weighted by Crippen LogP contribution is -2.17. The predicted octanol–water partition coefficient (Wildman–Crippen LogP) is 4.65. The van der Waals surface area contributed by atoms with Crippen LogP contribution >= 0.6 is 0 Å². The largest absolute Gasteiger partial charge is 0.573 e. The highest BCUT2D eigenvalue weighted by atomic mass is 19.4. The van der Waals surface area contributed by atoms with E-state index in [0.717, 1.165) is 12.0 Å². The molecule has 1 unspecified atom stereocenters. The van der Waals surface area contributed by atoms with E-state index in [1.165, 1.54) is 24.4 Å². The van der Waals surface area contributed by atoms with Crippen LogP contribution < -0.4 is 10.5 Å². The highest BCUT2D eigenvalue weighted by Crippen LogP contribution is 2.31. The fourth-order valence-electron chi connectivity index (χ4n) is 3.00. The first-order chi connectivity index (χ1) is 14.3. The molecule has 0 fully saturated rings. The van der Waals surface area contributed by atoms with Crippen molar-refractivity contribution in [1.29, 1.82) is 0 Å². The maximum absolute atomic E-state index is 12.5. The van der Waals surface area contributed by atoms with Crippen LogP contribution in [0.3, 0.4) is 0 Å². The van der Waals surface area contributed by atoms with E-state index in [2.05, 4.69) is 37.9 Å². The van der Waals surface area contributed by atoms with Gasteiger partial charge < -0.3 is 14.9 Å². The number of nitrogen functional groups attached to an aromatic ring is 1. The van der Waals surface area contributed by atoms with E-state index in [-0.39, 0.29) is 28.8 Å². The average molecular weight is 415 g/mol. The van der Waals surface area contributed by atoms with Crippen molar-refractivity contribution in [1.82, 2.24) is 20.2 Å². The second-order valence-corrected chi connectivity index (χ2v) is 6.74. The molecule has 1 atom stereocenters. The smallest absolute Gasteiger partial charge is 0.415 e. The second-order valence-electron chi connectivity index (χ2n) is 6.74. The van der Waals surface area contributed by atoms with Crippen LogP contribution in [0.15, 0.2) is 53.1 Å². The maximum atomic E-state index is 12.5. The lowest BCUT2D eigenvalue weighted by atomic mass is 9.96. The van der Waals surface area contributed by atoms with Gasteiger partial charge >= 0.3 is 6.36 Å². The van der Waals surface area contributed by atoms with Gasteiger partial charge in [-0.1, -0.05) is 37.3 Å². The molecule has 0 spiro atoms. The van der Waals surface area contributed by atoms with Gasteiger partial charge in [0, 0.05) is 11.1 Å². The molecule has 0 saturated heterocycles. The zero-order valence-corrected chi connectivity index (χ0v) is 15.7. The Bertz CT molecular complexity index is 1140. The Morgan fingerprint density at radius 3 is 2.77 bits per heavy atom. The first-order valence-electron chi connectivity index (χ1n) is 8.99. The van der Waals surface area contributed by atoms with Gasteiger partial charge in [0.15, 0.2) is 11.5 Å². The van der Waals surface area contributed by atoms with Crippen LogP contribution in [0.4, 0.5) is 19.0 Å². The number of aromatic nitrogens is 4. The van der Waals surface area contributed by atoms with Gasteiger partial charge in [-0.3, -0.25) is 0 Å². The van der Waals surface area contributed by atoms with E-state index in [0.29, 0.717) is 17.4 Å². The Kier molecular flexibility index (Phi) is 4.98. The van der Waals surface area contributed by atoms with E-state index >= 15 is 0 Å². The second kappa shape index (κ2) is 7.62. The van der Waals surface area contributed by atoms with Gasteiger partial charge in [0.05, 0.1) is 11.9 Å². The van der Waals surface area contributed by atoms with Gasteiger partial charge in [-0.05, 0) is 24.5 Å². The fraction of sp³-hybridized carbons (Fsp3) is 0.200. The van der Waals surface area contributed by atoms with E-state index < -0.39 is 6.36 Å². The number of rotatable bonds is 4. The number of anilines is 1. The lowest BCUT2D eigenvalue weighted by Gasteiger charge is -2.11. The van der Waals surface area contributed by atoms with Gasteiger partial charge in [-0.15, -0.1) is 23.4 Å². The molecular formula is C20H16F3N5O2. The van der Waals surface area contributed by atoms with Crippen molar-refractivity contribution in [2.45, 2.75) is 19.7 Å². The third-order valence-corrected chi connectivity index (χ3v) is 4.35. The summed E-state index contributed by atoms with van der Waals surface area (Å²) >= 11 is 0. The molecule has 2 N–H and O–H groups in total. The van der Waals surface area contributed by atoms with Crippen LogP contribution in [0.25, 0.3) is 28.4 Å². The number of nitrogens with zero attached hydrogens (tertiary/aromatic N) is 4. The lowest BCUT2D eigenvalue weighted by molar-refractivity contribution is -0.274. The minimum absolute atomic E-state index is 0.0579. The van der Waals surface area contributed by atoms with Crippen LogP contribution in [0.5, 0.6) is 5.75 Å². The predicted molar refractivity (Wildman–Crippen MR) is 103 cm³/mol. The molecule has 0 amide bonds. The molecule has 10 heteroatoms. The third kappa shape index (κ3) is 4.32. The highest BCUT2D eigenvalue weighted by Gasteiger charge is 2.31. The monoisotopic (exact) mass is 415 g/mol. The molecule has 30 heavy (non-hydrogen) atoms. The molecule has 1 aliphatic rings. The Labute approximate surface area is 169 Å². The van der Waals surface area contributed by atoms with Crippen molar-refractivity contribution in [3.05, 3.63) is 54.6 Å². The first-order valence-corrected chi connectivity index (χ1v) is 8.99. The summed E-state index contributed by atoms with van der Waals surface area (Å²) in [5, 5.41) is 8.07. The van der Waals surface area contributed by atoms with Gasteiger partial charge in [0.2, 0.25) is 5.89 Å². The summed E-state index contributed by atoms with van der Waals surface area (Å²) in [4.78, 5) is 8.44. The number of ether oxygens (including phenoxy) is 1. The van der Waals surface area contributed by atoms with E-state index in [1.54, 1.807) is 6.07 Å². The molecule has 0 bridgehead atoms. The van der Waals surface area contributed by atoms with Crippen molar-refractivity contribution < 1.29 is 22.3 Å². The van der Waals surface area contributed by atoms with Crippen molar-refractivity contribution in [3.63, 3.8) is 0 Å². The van der Waals surface area contributed by atoms with E-state index in [1.807, 2.05) is 12.2 Å². The van der Waals surface area contributed by atoms with Crippen molar-refractivity contribution in [2.75, 3.05) is 5.73 Å².